The summed E-state index contributed by atoms with van der Waals surface area (Å²) in [6.07, 6.45) is 10.6. The molecular weight excluding hydrogens is 508 g/mol. The number of carbonyl (C=O) groups excluding carboxylic acids is 4. The van der Waals surface area contributed by atoms with Gasteiger partial charge < -0.3 is 18.9 Å². The quantitative estimate of drug-likeness (QED) is 0.129. The second-order valence-electron chi connectivity index (χ2n) is 8.74. The molecule has 0 fully saturated rings. The number of hydrogen-bond acceptors (Lipinski definition) is 9. The number of unbranched alkanes of at least 4 members (excludes halogenated alkanes) is 1. The van der Waals surface area contributed by atoms with Crippen LogP contribution in [0.25, 0.3) is 0 Å². The van der Waals surface area contributed by atoms with Crippen molar-refractivity contribution in [3.8, 4) is 5.75 Å². The monoisotopic (exact) mass is 544 g/mol. The molecule has 8 nitrogen and oxygen atoms in total. The van der Waals surface area contributed by atoms with Crippen LogP contribution >= 0.6 is 11.8 Å². The van der Waals surface area contributed by atoms with E-state index >= 15 is 0 Å². The third-order valence-electron chi connectivity index (χ3n) is 5.63. The average molecular weight is 545 g/mol. The van der Waals surface area contributed by atoms with E-state index in [2.05, 4.69) is 0 Å². The van der Waals surface area contributed by atoms with E-state index in [1.807, 2.05) is 30.3 Å². The highest BCUT2D eigenvalue weighted by Crippen LogP contribution is 2.41. The summed E-state index contributed by atoms with van der Waals surface area (Å²) >= 11 is 1.30. The Kier molecular flexibility index (Phi) is 12.9. The van der Waals surface area contributed by atoms with Crippen molar-refractivity contribution in [1.29, 1.82) is 0 Å². The van der Waals surface area contributed by atoms with E-state index in [0.717, 1.165) is 5.75 Å². The number of ketones is 1. The van der Waals surface area contributed by atoms with Gasteiger partial charge in [-0.2, -0.15) is 0 Å². The second-order valence-corrected chi connectivity index (χ2v) is 9.59. The Balaban J connectivity index is 2.16. The third-order valence-corrected chi connectivity index (χ3v) is 6.38. The molecule has 2 atom stereocenters. The maximum atomic E-state index is 13.2. The lowest BCUT2D eigenvalue weighted by Gasteiger charge is -2.28. The van der Waals surface area contributed by atoms with Gasteiger partial charge in [0.25, 0.3) is 0 Å². The molecule has 0 radical (unpaired) electrons. The molecule has 0 saturated carbocycles. The van der Waals surface area contributed by atoms with Crippen LogP contribution in [0, 0.1) is 0 Å². The van der Waals surface area contributed by atoms with E-state index in [4.69, 9.17) is 18.9 Å². The van der Waals surface area contributed by atoms with Gasteiger partial charge in [-0.15, -0.1) is 11.8 Å². The molecule has 1 aromatic rings. The Morgan fingerprint density at radius 2 is 1.71 bits per heavy atom. The number of hydrogen-bond donors (Lipinski definition) is 0. The molecule has 1 aliphatic carbocycles. The molecule has 1 aliphatic rings. The van der Waals surface area contributed by atoms with E-state index in [1.54, 1.807) is 30.6 Å². The normalized spacial score (nSPS) is 18.8. The Bertz CT molecular complexity index is 1060. The molecule has 2 rings (SSSR count). The van der Waals surface area contributed by atoms with E-state index < -0.39 is 23.6 Å². The largest absolute Gasteiger partial charge is 0.494 e. The molecule has 1 aromatic carbocycles. The molecule has 0 heterocycles. The highest BCUT2D eigenvalue weighted by Gasteiger charge is 2.45. The van der Waals surface area contributed by atoms with E-state index in [1.165, 1.54) is 32.5 Å². The lowest BCUT2D eigenvalue weighted by molar-refractivity contribution is -0.150. The molecule has 38 heavy (non-hydrogen) atoms. The molecule has 0 aliphatic heterocycles. The van der Waals surface area contributed by atoms with Crippen molar-refractivity contribution in [2.45, 2.75) is 64.6 Å². The van der Waals surface area contributed by atoms with Crippen LogP contribution < -0.4 is 4.74 Å². The molecule has 0 N–H and O–H groups in total. The van der Waals surface area contributed by atoms with Crippen molar-refractivity contribution in [3.63, 3.8) is 0 Å². The number of esters is 3. The van der Waals surface area contributed by atoms with Gasteiger partial charge in [-0.05, 0) is 62.6 Å². The zero-order valence-corrected chi connectivity index (χ0v) is 23.2. The summed E-state index contributed by atoms with van der Waals surface area (Å²) in [5.41, 5.74) is -0.844. The fraction of sp³-hybridized carbons (Fsp3) is 0.448. The van der Waals surface area contributed by atoms with Gasteiger partial charge in [0.05, 0.1) is 18.1 Å². The SMILES string of the molecule is CSC1=CC(CCCCOc2ccccc2)(OC(C)=O)C(=CC=CC(CCCOC(C)=O)OC(C)=O)C1=O. The Hall–Kier alpha value is -3.33. The van der Waals surface area contributed by atoms with Crippen molar-refractivity contribution in [2.75, 3.05) is 19.5 Å². The van der Waals surface area contributed by atoms with E-state index in [9.17, 15) is 19.2 Å². The number of para-hydroxylation sites is 1. The van der Waals surface area contributed by atoms with Crippen LogP contribution in [-0.2, 0) is 33.4 Å². The first-order valence-corrected chi connectivity index (χ1v) is 13.8. The van der Waals surface area contributed by atoms with Crippen LogP contribution in [0.5, 0.6) is 5.75 Å². The lowest BCUT2D eigenvalue weighted by Crippen LogP contribution is -2.34. The second kappa shape index (κ2) is 15.8. The summed E-state index contributed by atoms with van der Waals surface area (Å²) in [7, 11) is 0. The Labute approximate surface area is 228 Å². The molecule has 0 amide bonds. The molecule has 2 unspecified atom stereocenters. The lowest BCUT2D eigenvalue weighted by atomic mass is 9.90. The van der Waals surface area contributed by atoms with Gasteiger partial charge in [0.15, 0.2) is 11.4 Å². The van der Waals surface area contributed by atoms with E-state index in [0.29, 0.717) is 49.2 Å². The van der Waals surface area contributed by atoms with Gasteiger partial charge >= 0.3 is 17.9 Å². The zero-order chi connectivity index (χ0) is 28.0. The van der Waals surface area contributed by atoms with E-state index in [-0.39, 0.29) is 18.4 Å². The van der Waals surface area contributed by atoms with Crippen LogP contribution in [0.3, 0.4) is 0 Å². The Morgan fingerprint density at radius 1 is 0.974 bits per heavy atom. The highest BCUT2D eigenvalue weighted by molar-refractivity contribution is 8.03. The highest BCUT2D eigenvalue weighted by atomic mass is 32.2. The first kappa shape index (κ1) is 30.9. The number of allylic oxidation sites excluding steroid dienone is 3. The zero-order valence-electron chi connectivity index (χ0n) is 22.4. The summed E-state index contributed by atoms with van der Waals surface area (Å²) in [6.45, 7) is 4.67. The van der Waals surface area contributed by atoms with Crippen molar-refractivity contribution in [2.24, 2.45) is 0 Å². The number of thioether (sulfide) groups is 1. The number of carbonyl (C=O) groups is 4. The molecule has 206 valence electrons. The minimum absolute atomic E-state index is 0.206. The van der Waals surface area contributed by atoms with Gasteiger partial charge in [-0.3, -0.25) is 19.2 Å². The predicted octanol–water partition coefficient (Wildman–Crippen LogP) is 5.12. The van der Waals surface area contributed by atoms with Crippen molar-refractivity contribution >= 4 is 35.5 Å². The summed E-state index contributed by atoms with van der Waals surface area (Å²) in [6, 6.07) is 9.50. The molecular formula is C29H36O8S. The number of rotatable bonds is 15. The predicted molar refractivity (Wildman–Crippen MR) is 146 cm³/mol. The van der Waals surface area contributed by atoms with Crippen LogP contribution in [-0.4, -0.2) is 54.9 Å². The number of benzene rings is 1. The topological polar surface area (TPSA) is 105 Å². The number of ether oxygens (including phenoxy) is 4. The van der Waals surface area contributed by atoms with Crippen molar-refractivity contribution < 1.29 is 38.1 Å². The van der Waals surface area contributed by atoms with Gasteiger partial charge in [-0.1, -0.05) is 30.4 Å². The minimum atomic E-state index is -1.19. The van der Waals surface area contributed by atoms with Crippen LogP contribution in [0.4, 0.5) is 0 Å². The van der Waals surface area contributed by atoms with Gasteiger partial charge in [-0.25, -0.2) is 0 Å². The molecule has 0 spiro atoms. The van der Waals surface area contributed by atoms with Crippen molar-refractivity contribution in [1.82, 2.24) is 0 Å². The maximum absolute atomic E-state index is 13.2. The molecule has 9 heteroatoms. The third kappa shape index (κ3) is 10.2. The first-order valence-electron chi connectivity index (χ1n) is 12.6. The van der Waals surface area contributed by atoms with Crippen molar-refractivity contribution in [3.05, 3.63) is 65.1 Å². The fourth-order valence-corrected chi connectivity index (χ4v) is 4.63. The average Bonchev–Trinajstić information content (AvgIpc) is 3.11. The molecule has 0 aromatic heterocycles. The van der Waals surface area contributed by atoms with Crippen LogP contribution in [0.2, 0.25) is 0 Å². The van der Waals surface area contributed by atoms with Crippen LogP contribution in [0.1, 0.15) is 52.9 Å². The summed E-state index contributed by atoms with van der Waals surface area (Å²) in [4.78, 5) is 48.3. The van der Waals surface area contributed by atoms with Crippen LogP contribution in [0.15, 0.2) is 65.1 Å². The molecule has 0 saturated heterocycles. The first-order chi connectivity index (χ1) is 18.2. The maximum Gasteiger partial charge on any atom is 0.303 e. The van der Waals surface area contributed by atoms with Gasteiger partial charge in [0, 0.05) is 26.3 Å². The summed E-state index contributed by atoms with van der Waals surface area (Å²) in [5, 5.41) is 0. The fourth-order valence-electron chi connectivity index (χ4n) is 4.03. The molecule has 0 bridgehead atoms. The summed E-state index contributed by atoms with van der Waals surface area (Å²) < 4.78 is 21.8. The minimum Gasteiger partial charge on any atom is -0.494 e. The smallest absolute Gasteiger partial charge is 0.303 e. The number of Topliss-reactive ketones (excluding diaryl/α,β-unsaturated/α-hetero) is 1. The standard InChI is InChI=1S/C29H36O8S/c1-21(30)34-19-11-15-25(36-22(2)31)14-10-16-26-28(33)27(38-4)20-29(26,37-23(3)32)17-8-9-18-35-24-12-6-5-7-13-24/h5-7,10,12-14,16,20,25H,8-9,11,15,17-19H2,1-4H3. The van der Waals surface area contributed by atoms with Gasteiger partial charge in [0.2, 0.25) is 0 Å². The summed E-state index contributed by atoms with van der Waals surface area (Å²) in [5.74, 6) is -0.740. The Morgan fingerprint density at radius 3 is 2.34 bits per heavy atom. The van der Waals surface area contributed by atoms with Gasteiger partial charge in [0.1, 0.15) is 11.9 Å².